The van der Waals surface area contributed by atoms with Gasteiger partial charge in [0.1, 0.15) is 5.82 Å². The van der Waals surface area contributed by atoms with Crippen molar-refractivity contribution in [3.05, 3.63) is 23.9 Å². The fraction of sp³-hybridized carbons (Fsp3) is 0.706. The summed E-state index contributed by atoms with van der Waals surface area (Å²) in [5.41, 5.74) is 1.23. The Bertz CT molecular complexity index is 422. The zero-order valence-electron chi connectivity index (χ0n) is 13.4. The highest BCUT2D eigenvalue weighted by atomic mass is 16.3. The van der Waals surface area contributed by atoms with Crippen molar-refractivity contribution in [2.45, 2.75) is 52.1 Å². The molecule has 2 rings (SSSR count). The number of anilines is 1. The minimum absolute atomic E-state index is 0.214. The van der Waals surface area contributed by atoms with Crippen LogP contribution in [-0.4, -0.2) is 35.8 Å². The lowest BCUT2D eigenvalue weighted by Gasteiger charge is -2.31. The van der Waals surface area contributed by atoms with Crippen molar-refractivity contribution in [3.63, 3.8) is 0 Å². The van der Waals surface area contributed by atoms with E-state index in [1.807, 2.05) is 12.3 Å². The van der Waals surface area contributed by atoms with Gasteiger partial charge in [0.25, 0.3) is 0 Å². The molecule has 4 nitrogen and oxygen atoms in total. The highest BCUT2D eigenvalue weighted by molar-refractivity contribution is 5.48. The van der Waals surface area contributed by atoms with Crippen LogP contribution in [0.1, 0.15) is 45.1 Å². The van der Waals surface area contributed by atoms with E-state index >= 15 is 0 Å². The van der Waals surface area contributed by atoms with Gasteiger partial charge in [0.05, 0.1) is 12.6 Å². The van der Waals surface area contributed by atoms with Gasteiger partial charge in [-0.3, -0.25) is 0 Å². The maximum atomic E-state index is 9.70. The van der Waals surface area contributed by atoms with Crippen molar-refractivity contribution in [2.75, 3.05) is 24.6 Å². The summed E-state index contributed by atoms with van der Waals surface area (Å²) < 4.78 is 0. The predicted octanol–water partition coefficient (Wildman–Crippen LogP) is 2.57. The lowest BCUT2D eigenvalue weighted by atomic mass is 10.1. The first kappa shape index (κ1) is 16.2. The Morgan fingerprint density at radius 2 is 2.24 bits per heavy atom. The molecule has 1 saturated heterocycles. The van der Waals surface area contributed by atoms with E-state index in [0.29, 0.717) is 5.92 Å². The molecule has 2 heterocycles. The van der Waals surface area contributed by atoms with Crippen LogP contribution in [0, 0.1) is 5.92 Å². The molecule has 2 N–H and O–H groups in total. The van der Waals surface area contributed by atoms with Crippen LogP contribution in [0.5, 0.6) is 0 Å². The third kappa shape index (κ3) is 4.68. The van der Waals surface area contributed by atoms with E-state index in [1.54, 1.807) is 0 Å². The third-order valence-corrected chi connectivity index (χ3v) is 4.10. The number of aliphatic hydroxyl groups excluding tert-OH is 1. The van der Waals surface area contributed by atoms with Crippen LogP contribution >= 0.6 is 0 Å². The van der Waals surface area contributed by atoms with E-state index in [9.17, 15) is 5.11 Å². The van der Waals surface area contributed by atoms with E-state index in [-0.39, 0.29) is 12.6 Å². The molecule has 0 spiro atoms. The standard InChI is InChI=1S/C17H29N3O/c1-14(2)11-18-12-15-7-6-9-19-17(15)20-10-5-3-4-8-16(20)13-21/h6-7,9,14,16,18,21H,3-5,8,10-13H2,1-2H3. The molecule has 0 amide bonds. The molecule has 0 aromatic carbocycles. The number of nitrogens with zero attached hydrogens (tertiary/aromatic N) is 2. The quantitative estimate of drug-likeness (QED) is 0.846. The Morgan fingerprint density at radius 1 is 1.38 bits per heavy atom. The lowest BCUT2D eigenvalue weighted by molar-refractivity contribution is 0.254. The topological polar surface area (TPSA) is 48.4 Å². The SMILES string of the molecule is CC(C)CNCc1cccnc1N1CCCCCC1CO. The molecule has 1 aliphatic heterocycles. The minimum atomic E-state index is 0.214. The number of aliphatic hydroxyl groups is 1. The average molecular weight is 291 g/mol. The summed E-state index contributed by atoms with van der Waals surface area (Å²) in [7, 11) is 0. The fourth-order valence-electron chi connectivity index (χ4n) is 2.97. The van der Waals surface area contributed by atoms with Crippen LogP contribution in [0.2, 0.25) is 0 Å². The van der Waals surface area contributed by atoms with Crippen molar-refractivity contribution in [2.24, 2.45) is 5.92 Å². The lowest BCUT2D eigenvalue weighted by Crippen LogP contribution is -2.39. The molecule has 1 aliphatic rings. The van der Waals surface area contributed by atoms with Crippen molar-refractivity contribution in [1.29, 1.82) is 0 Å². The summed E-state index contributed by atoms with van der Waals surface area (Å²) in [5, 5.41) is 13.2. The molecule has 1 aromatic rings. The average Bonchev–Trinajstić information content (AvgIpc) is 2.72. The molecular formula is C17H29N3O. The second kappa shape index (κ2) is 8.35. The number of nitrogens with one attached hydrogen (secondary N) is 1. The summed E-state index contributed by atoms with van der Waals surface area (Å²) in [6.45, 7) is 7.50. The summed E-state index contributed by atoms with van der Waals surface area (Å²) in [6.07, 6.45) is 6.56. The Morgan fingerprint density at radius 3 is 3.00 bits per heavy atom. The van der Waals surface area contributed by atoms with Gasteiger partial charge in [-0.1, -0.05) is 32.8 Å². The second-order valence-electron chi connectivity index (χ2n) is 6.39. The van der Waals surface area contributed by atoms with Crippen LogP contribution in [0.15, 0.2) is 18.3 Å². The maximum absolute atomic E-state index is 9.70. The summed E-state index contributed by atoms with van der Waals surface area (Å²) in [6, 6.07) is 4.36. The van der Waals surface area contributed by atoms with Gasteiger partial charge in [-0.25, -0.2) is 4.98 Å². The van der Waals surface area contributed by atoms with Gasteiger partial charge in [-0.2, -0.15) is 0 Å². The molecule has 4 heteroatoms. The van der Waals surface area contributed by atoms with Gasteiger partial charge < -0.3 is 15.3 Å². The van der Waals surface area contributed by atoms with Crippen molar-refractivity contribution >= 4 is 5.82 Å². The van der Waals surface area contributed by atoms with Gasteiger partial charge in [0.15, 0.2) is 0 Å². The van der Waals surface area contributed by atoms with E-state index in [4.69, 9.17) is 0 Å². The van der Waals surface area contributed by atoms with Crippen LogP contribution in [0.3, 0.4) is 0 Å². The van der Waals surface area contributed by atoms with Gasteiger partial charge in [0, 0.05) is 24.8 Å². The molecular weight excluding hydrogens is 262 g/mol. The van der Waals surface area contributed by atoms with Crippen LogP contribution in [0.4, 0.5) is 5.82 Å². The monoisotopic (exact) mass is 291 g/mol. The molecule has 1 aromatic heterocycles. The second-order valence-corrected chi connectivity index (χ2v) is 6.39. The summed E-state index contributed by atoms with van der Waals surface area (Å²) in [4.78, 5) is 6.93. The van der Waals surface area contributed by atoms with Gasteiger partial charge >= 0.3 is 0 Å². The van der Waals surface area contributed by atoms with E-state index in [1.165, 1.54) is 24.8 Å². The van der Waals surface area contributed by atoms with E-state index in [2.05, 4.69) is 35.1 Å². The molecule has 1 atom stereocenters. The zero-order chi connectivity index (χ0) is 15.1. The van der Waals surface area contributed by atoms with Gasteiger partial charge in [-0.15, -0.1) is 0 Å². The minimum Gasteiger partial charge on any atom is -0.394 e. The molecule has 0 radical (unpaired) electrons. The predicted molar refractivity (Wildman–Crippen MR) is 87.5 cm³/mol. The third-order valence-electron chi connectivity index (χ3n) is 4.10. The molecule has 0 aliphatic carbocycles. The summed E-state index contributed by atoms with van der Waals surface area (Å²) >= 11 is 0. The number of hydrogen-bond donors (Lipinski definition) is 2. The smallest absolute Gasteiger partial charge is 0.133 e. The number of pyridine rings is 1. The molecule has 0 bridgehead atoms. The zero-order valence-corrected chi connectivity index (χ0v) is 13.4. The Kier molecular flexibility index (Phi) is 6.46. The Labute approximate surface area is 128 Å². The highest BCUT2D eigenvalue weighted by Gasteiger charge is 2.23. The first-order chi connectivity index (χ1) is 10.2. The van der Waals surface area contributed by atoms with Crippen molar-refractivity contribution in [3.8, 4) is 0 Å². The van der Waals surface area contributed by atoms with Crippen LogP contribution in [0.25, 0.3) is 0 Å². The first-order valence-corrected chi connectivity index (χ1v) is 8.24. The molecule has 1 fully saturated rings. The first-order valence-electron chi connectivity index (χ1n) is 8.24. The molecule has 21 heavy (non-hydrogen) atoms. The van der Waals surface area contributed by atoms with Crippen LogP contribution in [-0.2, 0) is 6.54 Å². The van der Waals surface area contributed by atoms with Gasteiger partial charge in [0.2, 0.25) is 0 Å². The normalized spacial score (nSPS) is 19.8. The van der Waals surface area contributed by atoms with E-state index in [0.717, 1.165) is 31.9 Å². The fourth-order valence-corrected chi connectivity index (χ4v) is 2.97. The summed E-state index contributed by atoms with van der Waals surface area (Å²) in [5.74, 6) is 1.70. The van der Waals surface area contributed by atoms with E-state index < -0.39 is 0 Å². The van der Waals surface area contributed by atoms with Crippen LogP contribution < -0.4 is 10.2 Å². The number of aromatic nitrogens is 1. The highest BCUT2D eigenvalue weighted by Crippen LogP contribution is 2.25. The largest absolute Gasteiger partial charge is 0.394 e. The molecule has 1 unspecified atom stereocenters. The maximum Gasteiger partial charge on any atom is 0.133 e. The van der Waals surface area contributed by atoms with Gasteiger partial charge in [-0.05, 0) is 31.4 Å². The number of rotatable bonds is 6. The Balaban J connectivity index is 2.12. The Hall–Kier alpha value is -1.13. The molecule has 0 saturated carbocycles. The number of hydrogen-bond acceptors (Lipinski definition) is 4. The van der Waals surface area contributed by atoms with Crippen molar-refractivity contribution < 1.29 is 5.11 Å². The van der Waals surface area contributed by atoms with Crippen molar-refractivity contribution in [1.82, 2.24) is 10.3 Å². The molecule has 118 valence electrons.